The molecule has 5 rings (SSSR count). The van der Waals surface area contributed by atoms with E-state index in [-0.39, 0.29) is 40.0 Å². The number of ketones is 2. The van der Waals surface area contributed by atoms with E-state index in [2.05, 4.69) is 15.9 Å². The second-order valence-electron chi connectivity index (χ2n) is 9.11. The number of methoxy groups -OCH3 is 1. The molecule has 0 bridgehead atoms. The largest absolute Gasteiger partial charge is 0.507 e. The number of benzene rings is 1. The van der Waals surface area contributed by atoms with Gasteiger partial charge in [-0.2, -0.15) is 0 Å². The zero-order valence-corrected chi connectivity index (χ0v) is 20.4. The molecule has 7 nitrogen and oxygen atoms in total. The summed E-state index contributed by atoms with van der Waals surface area (Å²) >= 11 is 3.21. The Morgan fingerprint density at radius 1 is 1.15 bits per heavy atom. The van der Waals surface area contributed by atoms with Gasteiger partial charge in [0, 0.05) is 35.2 Å². The van der Waals surface area contributed by atoms with Crippen molar-refractivity contribution in [3.05, 3.63) is 57.1 Å². The first-order valence-electron chi connectivity index (χ1n) is 11.4. The van der Waals surface area contributed by atoms with Crippen LogP contribution in [0.25, 0.3) is 0 Å². The SMILES string of the molecule is CCCN1C(=O)C2CC=C3C(c4c(O)cccc4OC)C4=C(CC3C2C1=O)C(=O)C(Br)=CC4=O. The molecule has 0 aromatic heterocycles. The molecule has 0 spiro atoms. The summed E-state index contributed by atoms with van der Waals surface area (Å²) in [4.78, 5) is 54.2. The Morgan fingerprint density at radius 2 is 1.91 bits per heavy atom. The smallest absolute Gasteiger partial charge is 0.233 e. The predicted molar refractivity (Wildman–Crippen MR) is 126 cm³/mol. The number of amides is 2. The van der Waals surface area contributed by atoms with E-state index < -0.39 is 23.7 Å². The summed E-state index contributed by atoms with van der Waals surface area (Å²) in [6.07, 6.45) is 4.43. The fraction of sp³-hybridized carbons (Fsp3) is 0.385. The van der Waals surface area contributed by atoms with Gasteiger partial charge in [-0.1, -0.05) is 24.6 Å². The normalized spacial score (nSPS) is 28.4. The van der Waals surface area contributed by atoms with Crippen molar-refractivity contribution in [1.29, 1.82) is 0 Å². The van der Waals surface area contributed by atoms with Gasteiger partial charge in [-0.25, -0.2) is 0 Å². The summed E-state index contributed by atoms with van der Waals surface area (Å²) in [5.74, 6) is -2.94. The van der Waals surface area contributed by atoms with Crippen molar-refractivity contribution in [2.75, 3.05) is 13.7 Å². The number of likely N-dealkylation sites (tertiary alicyclic amines) is 1. The number of allylic oxidation sites excluding steroid dienone is 6. The summed E-state index contributed by atoms with van der Waals surface area (Å²) in [5, 5.41) is 10.9. The summed E-state index contributed by atoms with van der Waals surface area (Å²) in [7, 11) is 1.48. The minimum Gasteiger partial charge on any atom is -0.507 e. The lowest BCUT2D eigenvalue weighted by Gasteiger charge is -2.42. The maximum Gasteiger partial charge on any atom is 0.233 e. The molecule has 4 atom stereocenters. The molecule has 1 N–H and O–H groups in total. The number of Topliss-reactive ketones (excluding diaryl/α,β-unsaturated/α-hetero) is 1. The molecule has 2 amide bonds. The number of carbonyl (C=O) groups excluding carboxylic acids is 4. The molecule has 1 aromatic carbocycles. The number of phenols is 1. The molecule has 1 aliphatic heterocycles. The highest BCUT2D eigenvalue weighted by Crippen LogP contribution is 2.57. The second-order valence-corrected chi connectivity index (χ2v) is 9.97. The lowest BCUT2D eigenvalue weighted by atomic mass is 9.59. The summed E-state index contributed by atoms with van der Waals surface area (Å²) in [6, 6.07) is 4.85. The minimum atomic E-state index is -0.748. The van der Waals surface area contributed by atoms with Crippen LogP contribution in [0.3, 0.4) is 0 Å². The first-order valence-corrected chi connectivity index (χ1v) is 12.2. The molecular formula is C26H24BrNO6. The minimum absolute atomic E-state index is 0.0600. The Kier molecular flexibility index (Phi) is 5.59. The first kappa shape index (κ1) is 22.8. The number of halogens is 1. The molecule has 34 heavy (non-hydrogen) atoms. The fourth-order valence-electron chi connectivity index (χ4n) is 6.05. The van der Waals surface area contributed by atoms with E-state index in [1.807, 2.05) is 13.0 Å². The Bertz CT molecular complexity index is 1240. The Morgan fingerprint density at radius 3 is 2.62 bits per heavy atom. The van der Waals surface area contributed by atoms with Gasteiger partial charge in [-0.3, -0.25) is 24.1 Å². The van der Waals surface area contributed by atoms with E-state index in [4.69, 9.17) is 4.74 Å². The molecule has 0 saturated carbocycles. The van der Waals surface area contributed by atoms with Crippen LogP contribution < -0.4 is 4.74 Å². The molecular weight excluding hydrogens is 502 g/mol. The molecule has 4 aliphatic rings. The third kappa shape index (κ3) is 3.15. The zero-order valence-electron chi connectivity index (χ0n) is 18.8. The molecule has 4 unspecified atom stereocenters. The number of aromatic hydroxyl groups is 1. The lowest BCUT2D eigenvalue weighted by molar-refractivity contribution is -0.140. The Labute approximate surface area is 205 Å². The molecule has 8 heteroatoms. The highest BCUT2D eigenvalue weighted by molar-refractivity contribution is 9.12. The number of rotatable bonds is 4. The van der Waals surface area contributed by atoms with Gasteiger partial charge in [0.05, 0.1) is 23.4 Å². The van der Waals surface area contributed by atoms with Crippen molar-refractivity contribution in [3.63, 3.8) is 0 Å². The van der Waals surface area contributed by atoms with Crippen molar-refractivity contribution < 1.29 is 29.0 Å². The predicted octanol–water partition coefficient (Wildman–Crippen LogP) is 3.57. The maximum atomic E-state index is 13.4. The molecule has 1 aromatic rings. The molecule has 1 heterocycles. The first-order chi connectivity index (χ1) is 16.3. The van der Waals surface area contributed by atoms with Gasteiger partial charge in [-0.15, -0.1) is 0 Å². The zero-order chi connectivity index (χ0) is 24.3. The Balaban J connectivity index is 1.72. The third-order valence-corrected chi connectivity index (χ3v) is 8.01. The summed E-state index contributed by atoms with van der Waals surface area (Å²) in [5.41, 5.74) is 1.80. The van der Waals surface area contributed by atoms with Crippen LogP contribution in [0, 0.1) is 17.8 Å². The van der Waals surface area contributed by atoms with Crippen LogP contribution in [-0.4, -0.2) is 47.0 Å². The quantitative estimate of drug-likeness (QED) is 0.366. The highest BCUT2D eigenvalue weighted by Gasteiger charge is 2.56. The monoisotopic (exact) mass is 525 g/mol. The second kappa shape index (κ2) is 8.34. The van der Waals surface area contributed by atoms with Gasteiger partial charge in [0.15, 0.2) is 11.6 Å². The van der Waals surface area contributed by atoms with Crippen LogP contribution in [0.4, 0.5) is 0 Å². The number of fused-ring (bicyclic) bond motifs is 3. The van der Waals surface area contributed by atoms with Crippen molar-refractivity contribution in [2.24, 2.45) is 17.8 Å². The standard InChI is InChI=1S/C26H24BrNO6/c1-3-9-28-25(32)13-8-7-12-14(20(13)26(28)33)10-15-21(18(30)11-16(27)24(15)31)22(12)23-17(29)5-4-6-19(23)34-2/h4-7,11,13-14,20,22,29H,3,8-10H2,1-2H3. The number of phenolic OH excluding ortho intramolecular Hbond substituents is 1. The number of ether oxygens (including phenoxy) is 1. The Hall–Kier alpha value is -3.00. The average Bonchev–Trinajstić information content (AvgIpc) is 3.06. The number of imide groups is 1. The van der Waals surface area contributed by atoms with Gasteiger partial charge in [0.25, 0.3) is 0 Å². The molecule has 1 saturated heterocycles. The summed E-state index contributed by atoms with van der Waals surface area (Å²) in [6.45, 7) is 2.28. The van der Waals surface area contributed by atoms with E-state index in [9.17, 15) is 24.3 Å². The van der Waals surface area contributed by atoms with E-state index in [1.54, 1.807) is 12.1 Å². The van der Waals surface area contributed by atoms with Crippen molar-refractivity contribution >= 4 is 39.3 Å². The van der Waals surface area contributed by atoms with Crippen LogP contribution in [0.2, 0.25) is 0 Å². The highest BCUT2D eigenvalue weighted by atomic mass is 79.9. The third-order valence-electron chi connectivity index (χ3n) is 7.42. The maximum absolute atomic E-state index is 13.4. The van der Waals surface area contributed by atoms with E-state index in [1.165, 1.54) is 24.2 Å². The van der Waals surface area contributed by atoms with Crippen LogP contribution in [0.15, 0.2) is 51.6 Å². The number of carbonyl (C=O) groups is 4. The van der Waals surface area contributed by atoms with Crippen LogP contribution in [-0.2, 0) is 19.2 Å². The van der Waals surface area contributed by atoms with E-state index in [0.29, 0.717) is 41.8 Å². The molecule has 176 valence electrons. The molecule has 0 radical (unpaired) electrons. The van der Waals surface area contributed by atoms with Crippen LogP contribution >= 0.6 is 15.9 Å². The van der Waals surface area contributed by atoms with Gasteiger partial charge in [0.1, 0.15) is 11.5 Å². The van der Waals surface area contributed by atoms with Crippen molar-refractivity contribution in [1.82, 2.24) is 4.90 Å². The van der Waals surface area contributed by atoms with E-state index >= 15 is 0 Å². The van der Waals surface area contributed by atoms with Crippen molar-refractivity contribution in [3.8, 4) is 11.5 Å². The van der Waals surface area contributed by atoms with E-state index in [0.717, 1.165) is 5.57 Å². The van der Waals surface area contributed by atoms with Gasteiger partial charge < -0.3 is 9.84 Å². The topological polar surface area (TPSA) is 101 Å². The van der Waals surface area contributed by atoms with Gasteiger partial charge in [0.2, 0.25) is 11.8 Å². The molecule has 1 fully saturated rings. The van der Waals surface area contributed by atoms with Gasteiger partial charge in [-0.05, 0) is 53.2 Å². The average molecular weight is 526 g/mol. The number of hydrogen-bond donors (Lipinski definition) is 1. The van der Waals surface area contributed by atoms with Crippen LogP contribution in [0.1, 0.15) is 37.7 Å². The number of nitrogens with zero attached hydrogens (tertiary/aromatic N) is 1. The summed E-state index contributed by atoms with van der Waals surface area (Å²) < 4.78 is 5.70. The van der Waals surface area contributed by atoms with Crippen LogP contribution in [0.5, 0.6) is 11.5 Å². The molecule has 3 aliphatic carbocycles. The lowest BCUT2D eigenvalue weighted by Crippen LogP contribution is -2.39. The van der Waals surface area contributed by atoms with Crippen molar-refractivity contribution in [2.45, 2.75) is 32.1 Å². The number of hydrogen-bond acceptors (Lipinski definition) is 6. The van der Waals surface area contributed by atoms with Gasteiger partial charge >= 0.3 is 0 Å². The fourth-order valence-corrected chi connectivity index (χ4v) is 6.49.